The van der Waals surface area contributed by atoms with Crippen molar-refractivity contribution < 1.29 is 0 Å². The molecule has 0 aliphatic heterocycles. The van der Waals surface area contributed by atoms with Crippen LogP contribution in [0, 0.1) is 5.92 Å². The Bertz CT molecular complexity index is 354. The molecule has 0 amide bonds. The van der Waals surface area contributed by atoms with Crippen molar-refractivity contribution in [2.45, 2.75) is 39.2 Å². The molecular weight excluding hydrogens is 298 g/mol. The first-order valence-corrected chi connectivity index (χ1v) is 7.36. The summed E-state index contributed by atoms with van der Waals surface area (Å²) in [5, 5.41) is 4.26. The highest BCUT2D eigenvalue weighted by Gasteiger charge is 2.16. The molecule has 0 aliphatic carbocycles. The normalized spacial score (nSPS) is 14.6. The van der Waals surface area contributed by atoms with E-state index in [4.69, 9.17) is 11.6 Å². The summed E-state index contributed by atoms with van der Waals surface area (Å²) < 4.78 is 1.04. The fourth-order valence-electron chi connectivity index (χ4n) is 2.17. The van der Waals surface area contributed by atoms with Crippen molar-refractivity contribution in [1.29, 1.82) is 0 Å². The third-order valence-corrected chi connectivity index (χ3v) is 4.10. The van der Waals surface area contributed by atoms with Gasteiger partial charge in [-0.3, -0.25) is 0 Å². The topological polar surface area (TPSA) is 12.0 Å². The maximum Gasteiger partial charge on any atom is 0.0449 e. The summed E-state index contributed by atoms with van der Waals surface area (Å²) in [4.78, 5) is 0. The van der Waals surface area contributed by atoms with E-state index in [2.05, 4.69) is 47.2 Å². The van der Waals surface area contributed by atoms with Crippen LogP contribution in [0.5, 0.6) is 0 Å². The van der Waals surface area contributed by atoms with Crippen LogP contribution < -0.4 is 5.32 Å². The van der Waals surface area contributed by atoms with Crippen molar-refractivity contribution in [2.24, 2.45) is 5.92 Å². The van der Waals surface area contributed by atoms with E-state index in [-0.39, 0.29) is 0 Å². The summed E-state index contributed by atoms with van der Waals surface area (Å²) in [6.45, 7) is 4.53. The Morgan fingerprint density at radius 3 is 2.65 bits per heavy atom. The van der Waals surface area contributed by atoms with Gasteiger partial charge in [0, 0.05) is 15.5 Å². The van der Waals surface area contributed by atoms with Gasteiger partial charge >= 0.3 is 0 Å². The fraction of sp³-hybridized carbons (Fsp3) is 0.571. The monoisotopic (exact) mass is 317 g/mol. The fourth-order valence-corrected chi connectivity index (χ4v) is 2.92. The molecule has 2 unspecified atom stereocenters. The van der Waals surface area contributed by atoms with Crippen molar-refractivity contribution in [3.63, 3.8) is 0 Å². The summed E-state index contributed by atoms with van der Waals surface area (Å²) >= 11 is 9.69. The van der Waals surface area contributed by atoms with Crippen molar-refractivity contribution in [2.75, 3.05) is 7.05 Å². The molecule has 2 atom stereocenters. The largest absolute Gasteiger partial charge is 0.316 e. The van der Waals surface area contributed by atoms with Crippen LogP contribution in [-0.2, 0) is 6.42 Å². The van der Waals surface area contributed by atoms with Crippen LogP contribution in [0.15, 0.2) is 22.7 Å². The molecule has 1 aromatic carbocycles. The minimum Gasteiger partial charge on any atom is -0.316 e. The summed E-state index contributed by atoms with van der Waals surface area (Å²) in [6, 6.07) is 6.62. The molecule has 1 N–H and O–H groups in total. The van der Waals surface area contributed by atoms with Crippen LogP contribution in [0.1, 0.15) is 32.3 Å². The van der Waals surface area contributed by atoms with Gasteiger partial charge < -0.3 is 5.32 Å². The molecule has 0 saturated heterocycles. The number of hydrogen-bond donors (Lipinski definition) is 1. The molecule has 0 fully saturated rings. The Kier molecular flexibility index (Phi) is 6.53. The third-order valence-electron chi connectivity index (χ3n) is 3.26. The van der Waals surface area contributed by atoms with Gasteiger partial charge in [-0.1, -0.05) is 53.9 Å². The number of benzene rings is 1. The van der Waals surface area contributed by atoms with Crippen LogP contribution in [0.4, 0.5) is 0 Å². The lowest BCUT2D eigenvalue weighted by Crippen LogP contribution is -2.34. The smallest absolute Gasteiger partial charge is 0.0449 e. The molecule has 0 bridgehead atoms. The predicted molar refractivity (Wildman–Crippen MR) is 79.8 cm³/mol. The van der Waals surface area contributed by atoms with E-state index in [1.807, 2.05) is 13.1 Å². The second-order valence-electron chi connectivity index (χ2n) is 4.60. The average Bonchev–Trinajstić information content (AvgIpc) is 2.28. The molecule has 96 valence electrons. The lowest BCUT2D eigenvalue weighted by molar-refractivity contribution is 0.372. The average molecular weight is 319 g/mol. The standard InChI is InChI=1S/C14H21BrClN/c1-4-5-10(2)14(17-3)8-11-6-7-12(15)9-13(11)16/h6-7,9-10,14,17H,4-5,8H2,1-3H3. The Balaban J connectivity index is 2.73. The van der Waals surface area contributed by atoms with Crippen LogP contribution in [-0.4, -0.2) is 13.1 Å². The third kappa shape index (κ3) is 4.61. The van der Waals surface area contributed by atoms with Crippen LogP contribution in [0.2, 0.25) is 5.02 Å². The number of likely N-dealkylation sites (N-methyl/N-ethyl adjacent to an activating group) is 1. The number of hydrogen-bond acceptors (Lipinski definition) is 1. The molecule has 0 radical (unpaired) electrons. The summed E-state index contributed by atoms with van der Waals surface area (Å²) in [5.74, 6) is 0.671. The Morgan fingerprint density at radius 1 is 1.41 bits per heavy atom. The quantitative estimate of drug-likeness (QED) is 0.803. The van der Waals surface area contributed by atoms with E-state index in [0.717, 1.165) is 15.9 Å². The molecule has 0 spiro atoms. The molecule has 3 heteroatoms. The lowest BCUT2D eigenvalue weighted by atomic mass is 9.92. The second-order valence-corrected chi connectivity index (χ2v) is 5.92. The summed E-state index contributed by atoms with van der Waals surface area (Å²) in [7, 11) is 2.03. The molecule has 17 heavy (non-hydrogen) atoms. The number of halogens is 2. The summed E-state index contributed by atoms with van der Waals surface area (Å²) in [6.07, 6.45) is 3.47. The SMILES string of the molecule is CCCC(C)C(Cc1ccc(Br)cc1Cl)NC. The molecular formula is C14H21BrClN. The van der Waals surface area contributed by atoms with Crippen LogP contribution in [0.25, 0.3) is 0 Å². The minimum absolute atomic E-state index is 0.494. The van der Waals surface area contributed by atoms with E-state index in [0.29, 0.717) is 12.0 Å². The highest BCUT2D eigenvalue weighted by Crippen LogP contribution is 2.24. The Labute approximate surface area is 118 Å². The first-order valence-electron chi connectivity index (χ1n) is 6.19. The zero-order chi connectivity index (χ0) is 12.8. The first kappa shape index (κ1) is 15.0. The van der Waals surface area contributed by atoms with Gasteiger partial charge in [0.2, 0.25) is 0 Å². The summed E-state index contributed by atoms with van der Waals surface area (Å²) in [5.41, 5.74) is 1.22. The van der Waals surface area contributed by atoms with Gasteiger partial charge in [-0.15, -0.1) is 0 Å². The van der Waals surface area contributed by atoms with Gasteiger partial charge in [0.25, 0.3) is 0 Å². The molecule has 1 aromatic rings. The van der Waals surface area contributed by atoms with Crippen molar-refractivity contribution >= 4 is 27.5 Å². The molecule has 1 rings (SSSR count). The maximum absolute atomic E-state index is 6.25. The minimum atomic E-state index is 0.494. The Hall–Kier alpha value is -0.0500. The second kappa shape index (κ2) is 7.40. The van der Waals surface area contributed by atoms with Crippen molar-refractivity contribution in [1.82, 2.24) is 5.32 Å². The zero-order valence-electron chi connectivity index (χ0n) is 10.8. The van der Waals surface area contributed by atoms with Crippen LogP contribution in [0.3, 0.4) is 0 Å². The van der Waals surface area contributed by atoms with Gasteiger partial charge in [-0.25, -0.2) is 0 Å². The number of nitrogens with one attached hydrogen (secondary N) is 1. The van der Waals surface area contributed by atoms with E-state index in [1.165, 1.54) is 18.4 Å². The Morgan fingerprint density at radius 2 is 2.12 bits per heavy atom. The van der Waals surface area contributed by atoms with E-state index in [9.17, 15) is 0 Å². The highest BCUT2D eigenvalue weighted by atomic mass is 79.9. The molecule has 0 saturated carbocycles. The van der Waals surface area contributed by atoms with Gasteiger partial charge in [-0.2, -0.15) is 0 Å². The van der Waals surface area contributed by atoms with Crippen molar-refractivity contribution in [3.8, 4) is 0 Å². The van der Waals surface area contributed by atoms with Gasteiger partial charge in [0.15, 0.2) is 0 Å². The van der Waals surface area contributed by atoms with E-state index in [1.54, 1.807) is 0 Å². The highest BCUT2D eigenvalue weighted by molar-refractivity contribution is 9.10. The molecule has 0 aromatic heterocycles. The first-order chi connectivity index (χ1) is 8.08. The van der Waals surface area contributed by atoms with E-state index >= 15 is 0 Å². The zero-order valence-corrected chi connectivity index (χ0v) is 13.1. The van der Waals surface area contributed by atoms with Crippen molar-refractivity contribution in [3.05, 3.63) is 33.3 Å². The number of rotatable bonds is 6. The van der Waals surface area contributed by atoms with E-state index < -0.39 is 0 Å². The molecule has 0 aliphatic rings. The van der Waals surface area contributed by atoms with Gasteiger partial charge in [0.05, 0.1) is 0 Å². The maximum atomic E-state index is 6.25. The van der Waals surface area contributed by atoms with Gasteiger partial charge in [-0.05, 0) is 43.5 Å². The predicted octanol–water partition coefficient (Wildman–Crippen LogP) is 4.67. The lowest BCUT2D eigenvalue weighted by Gasteiger charge is -2.23. The van der Waals surface area contributed by atoms with Gasteiger partial charge in [0.1, 0.15) is 0 Å². The van der Waals surface area contributed by atoms with Crippen LogP contribution >= 0.6 is 27.5 Å². The molecule has 1 nitrogen and oxygen atoms in total. The molecule has 0 heterocycles.